The molecule has 0 spiro atoms. The number of amides is 1. The first-order chi connectivity index (χ1) is 15.7. The topological polar surface area (TPSA) is 102 Å². The molecule has 1 unspecified atom stereocenters. The Morgan fingerprint density at radius 3 is 2.64 bits per heavy atom. The number of carbonyl (C=O) groups is 1. The highest BCUT2D eigenvalue weighted by atomic mass is 19.3. The largest absolute Gasteiger partial charge is 0.368 e. The van der Waals surface area contributed by atoms with E-state index in [2.05, 4.69) is 26.8 Å². The number of aryl methyl sites for hydroxylation is 2. The first kappa shape index (κ1) is 24.0. The second-order valence-electron chi connectivity index (χ2n) is 7.68. The summed E-state index contributed by atoms with van der Waals surface area (Å²) in [6.45, 7) is 6.60. The summed E-state index contributed by atoms with van der Waals surface area (Å²) in [6, 6.07) is 3.84. The van der Waals surface area contributed by atoms with E-state index < -0.39 is 12.6 Å². The van der Waals surface area contributed by atoms with Crippen LogP contribution in [0.2, 0.25) is 0 Å². The Morgan fingerprint density at radius 2 is 2.03 bits per heavy atom. The van der Waals surface area contributed by atoms with Gasteiger partial charge in [0.15, 0.2) is 0 Å². The van der Waals surface area contributed by atoms with E-state index >= 15 is 0 Å². The Kier molecular flexibility index (Phi) is 7.52. The Bertz CT molecular complexity index is 1130. The number of nitrogens with two attached hydrogens (primary N) is 1. The molecule has 1 amide bonds. The van der Waals surface area contributed by atoms with Crippen molar-refractivity contribution in [1.82, 2.24) is 19.5 Å². The van der Waals surface area contributed by atoms with Crippen molar-refractivity contribution in [3.05, 3.63) is 48.3 Å². The normalized spacial score (nSPS) is 15.8. The molecule has 0 aliphatic carbocycles. The number of nitrogens with zero attached hydrogens (tertiary/aromatic N) is 5. The summed E-state index contributed by atoms with van der Waals surface area (Å²) in [5, 5.41) is 2.79. The van der Waals surface area contributed by atoms with Crippen molar-refractivity contribution in [2.45, 2.75) is 32.4 Å². The second kappa shape index (κ2) is 10.3. The predicted octanol–water partition coefficient (Wildman–Crippen LogP) is 3.94. The van der Waals surface area contributed by atoms with Gasteiger partial charge in [-0.3, -0.25) is 4.79 Å². The van der Waals surface area contributed by atoms with Crippen LogP contribution in [0.1, 0.15) is 30.4 Å². The number of nitrogen functional groups attached to an aromatic ring is 1. The van der Waals surface area contributed by atoms with Crippen molar-refractivity contribution in [3.8, 4) is 0 Å². The Morgan fingerprint density at radius 1 is 1.33 bits per heavy atom. The molecule has 0 radical (unpaired) electrons. The summed E-state index contributed by atoms with van der Waals surface area (Å²) >= 11 is 0. The lowest BCUT2D eigenvalue weighted by atomic mass is 10.1. The number of aromatic nitrogens is 4. The van der Waals surface area contributed by atoms with E-state index in [4.69, 9.17) is 5.73 Å². The standard InChI is InChI=1S/C17H21FN4O.C5H5F2N3/c1-4-16(23)19-13-9-14-15(8-11(13)2)21(3)17(20-14)22-7-5-6-12(18)10-22;6-4(7)3-1-9-5(8)10-2-3/h4,8-9,12H,1,5-7,10H2,2-3H3,(H,19,23);1-2,4H,(H2,8,9,10). The van der Waals surface area contributed by atoms with Crippen LogP contribution in [0.15, 0.2) is 37.2 Å². The van der Waals surface area contributed by atoms with Gasteiger partial charge >= 0.3 is 0 Å². The van der Waals surface area contributed by atoms with Crippen LogP contribution in [-0.4, -0.2) is 44.7 Å². The number of nitrogens with one attached hydrogen (secondary N) is 1. The third-order valence-corrected chi connectivity index (χ3v) is 5.24. The average molecular weight is 461 g/mol. The van der Waals surface area contributed by atoms with E-state index in [1.165, 1.54) is 6.08 Å². The Balaban J connectivity index is 0.000000257. The van der Waals surface area contributed by atoms with Gasteiger partial charge in [0.2, 0.25) is 17.8 Å². The van der Waals surface area contributed by atoms with Gasteiger partial charge in [-0.2, -0.15) is 0 Å². The van der Waals surface area contributed by atoms with Crippen LogP contribution in [0.3, 0.4) is 0 Å². The molecule has 176 valence electrons. The summed E-state index contributed by atoms with van der Waals surface area (Å²) in [4.78, 5) is 24.9. The molecule has 1 aliphatic rings. The molecule has 3 N–H and O–H groups in total. The number of anilines is 3. The maximum Gasteiger partial charge on any atom is 0.266 e. The quantitative estimate of drug-likeness (QED) is 0.571. The molecule has 1 aromatic carbocycles. The molecule has 0 saturated carbocycles. The van der Waals surface area contributed by atoms with E-state index in [1.807, 2.05) is 35.6 Å². The van der Waals surface area contributed by atoms with Crippen LogP contribution in [-0.2, 0) is 11.8 Å². The monoisotopic (exact) mass is 461 g/mol. The van der Waals surface area contributed by atoms with Crippen molar-refractivity contribution in [1.29, 1.82) is 0 Å². The molecule has 1 aliphatic heterocycles. The number of imidazole rings is 1. The molecule has 3 aromatic rings. The molecule has 3 heterocycles. The highest BCUT2D eigenvalue weighted by Gasteiger charge is 2.23. The maximum absolute atomic E-state index is 13.7. The molecule has 1 atom stereocenters. The number of piperidine rings is 1. The third-order valence-electron chi connectivity index (χ3n) is 5.24. The van der Waals surface area contributed by atoms with E-state index in [0.717, 1.165) is 47.9 Å². The molecule has 1 fully saturated rings. The molecule has 4 rings (SSSR count). The van der Waals surface area contributed by atoms with Gasteiger partial charge in [0, 0.05) is 31.7 Å². The fraction of sp³-hybridized carbons (Fsp3) is 0.364. The lowest BCUT2D eigenvalue weighted by molar-refractivity contribution is -0.111. The van der Waals surface area contributed by atoms with E-state index in [9.17, 15) is 18.0 Å². The van der Waals surface area contributed by atoms with Crippen molar-refractivity contribution >= 4 is 34.5 Å². The number of hydrogen-bond donors (Lipinski definition) is 2. The summed E-state index contributed by atoms with van der Waals surface area (Å²) in [7, 11) is 1.94. The number of fused-ring (bicyclic) bond motifs is 1. The van der Waals surface area contributed by atoms with Gasteiger partial charge in [0.25, 0.3) is 6.43 Å². The number of benzene rings is 1. The van der Waals surface area contributed by atoms with Gasteiger partial charge < -0.3 is 20.5 Å². The van der Waals surface area contributed by atoms with Crippen LogP contribution in [0.5, 0.6) is 0 Å². The van der Waals surface area contributed by atoms with E-state index in [-0.39, 0.29) is 17.4 Å². The second-order valence-corrected chi connectivity index (χ2v) is 7.68. The van der Waals surface area contributed by atoms with E-state index in [0.29, 0.717) is 18.7 Å². The van der Waals surface area contributed by atoms with E-state index in [1.54, 1.807) is 0 Å². The van der Waals surface area contributed by atoms with Crippen molar-refractivity contribution in [2.75, 3.05) is 29.0 Å². The molecule has 8 nitrogen and oxygen atoms in total. The maximum atomic E-state index is 13.7. The van der Waals surface area contributed by atoms with Crippen molar-refractivity contribution < 1.29 is 18.0 Å². The van der Waals surface area contributed by atoms with Crippen LogP contribution in [0.25, 0.3) is 11.0 Å². The average Bonchev–Trinajstić information content (AvgIpc) is 3.10. The molecule has 11 heteroatoms. The summed E-state index contributed by atoms with van der Waals surface area (Å²) in [5.74, 6) is 0.526. The molecular formula is C22H26F3N7O. The number of rotatable bonds is 4. The number of alkyl halides is 3. The Labute approximate surface area is 189 Å². The van der Waals surface area contributed by atoms with Gasteiger partial charge in [0.05, 0.1) is 23.1 Å². The van der Waals surface area contributed by atoms with Crippen LogP contribution in [0.4, 0.5) is 30.8 Å². The van der Waals surface area contributed by atoms with Crippen molar-refractivity contribution in [2.24, 2.45) is 7.05 Å². The lowest BCUT2D eigenvalue weighted by Gasteiger charge is -2.29. The van der Waals surface area contributed by atoms with Gasteiger partial charge in [0.1, 0.15) is 6.17 Å². The minimum atomic E-state index is -2.53. The van der Waals surface area contributed by atoms with Crippen LogP contribution in [0, 0.1) is 6.92 Å². The Hall–Kier alpha value is -3.63. The molecule has 33 heavy (non-hydrogen) atoms. The SMILES string of the molecule is C=CC(=O)Nc1cc2nc(N3CCCC(F)C3)n(C)c2cc1C.Nc1ncc(C(F)F)cn1. The minimum absolute atomic E-state index is 0.00407. The molecule has 1 saturated heterocycles. The zero-order valence-corrected chi connectivity index (χ0v) is 18.4. The zero-order valence-electron chi connectivity index (χ0n) is 18.4. The van der Waals surface area contributed by atoms with Gasteiger partial charge in [-0.1, -0.05) is 6.58 Å². The minimum Gasteiger partial charge on any atom is -0.368 e. The summed E-state index contributed by atoms with van der Waals surface area (Å²) < 4.78 is 39.2. The van der Waals surface area contributed by atoms with Gasteiger partial charge in [-0.25, -0.2) is 28.1 Å². The smallest absolute Gasteiger partial charge is 0.266 e. The molecular weight excluding hydrogens is 435 g/mol. The number of hydrogen-bond acceptors (Lipinski definition) is 6. The lowest BCUT2D eigenvalue weighted by Crippen LogP contribution is -2.37. The highest BCUT2D eigenvalue weighted by Crippen LogP contribution is 2.28. The third kappa shape index (κ3) is 5.79. The predicted molar refractivity (Wildman–Crippen MR) is 122 cm³/mol. The highest BCUT2D eigenvalue weighted by molar-refractivity contribution is 6.00. The molecule has 0 bridgehead atoms. The fourth-order valence-electron chi connectivity index (χ4n) is 3.50. The van der Waals surface area contributed by atoms with Gasteiger partial charge in [-0.15, -0.1) is 0 Å². The molecule has 2 aromatic heterocycles. The first-order valence-electron chi connectivity index (χ1n) is 10.3. The van der Waals surface area contributed by atoms with Gasteiger partial charge in [-0.05, 0) is 43.5 Å². The first-order valence-corrected chi connectivity index (χ1v) is 10.3. The number of carbonyl (C=O) groups excluding carboxylic acids is 1. The summed E-state index contributed by atoms with van der Waals surface area (Å²) in [5.41, 5.74) is 8.26. The van der Waals surface area contributed by atoms with Crippen LogP contribution >= 0.6 is 0 Å². The number of halogens is 3. The van der Waals surface area contributed by atoms with Crippen LogP contribution < -0.4 is 16.0 Å². The summed E-state index contributed by atoms with van der Waals surface area (Å²) in [6.07, 6.45) is 1.39. The fourth-order valence-corrected chi connectivity index (χ4v) is 3.50. The zero-order chi connectivity index (χ0) is 24.1. The van der Waals surface area contributed by atoms with Crippen molar-refractivity contribution in [3.63, 3.8) is 0 Å².